The molecule has 0 heterocycles. The molecule has 0 spiro atoms. The van der Waals surface area contributed by atoms with Crippen LogP contribution in [-0.2, 0) is 4.74 Å². The molecule has 1 aromatic carbocycles. The fraction of sp³-hybridized carbons (Fsp3) is 0.400. The summed E-state index contributed by atoms with van der Waals surface area (Å²) in [6, 6.07) is 12.5. The molecule has 3 heteroatoms. The van der Waals surface area contributed by atoms with Crippen molar-refractivity contribution >= 4 is 23.1 Å². The maximum atomic E-state index is 4.83. The smallest absolute Gasteiger partial charge is 1.00 e. The first-order valence-corrected chi connectivity index (χ1v) is 3.90. The van der Waals surface area contributed by atoms with E-state index in [1.54, 1.807) is 0 Å². The predicted molar refractivity (Wildman–Crippen MR) is 53.2 cm³/mol. The van der Waals surface area contributed by atoms with Crippen LogP contribution in [0, 0.1) is 6.07 Å². The zero-order valence-electron chi connectivity index (χ0n) is 8.29. The fourth-order valence-electron chi connectivity index (χ4n) is 0.546. The molecular formula is C10H15ClMgO. The monoisotopic (exact) mass is 210 g/mol. The van der Waals surface area contributed by atoms with Gasteiger partial charge in [0, 0.05) is 13.2 Å². The van der Waals surface area contributed by atoms with Gasteiger partial charge in [-0.15, -0.1) is 0 Å². The van der Waals surface area contributed by atoms with E-state index in [1.807, 2.05) is 44.2 Å². The van der Waals surface area contributed by atoms with Gasteiger partial charge in [-0.05, 0) is 13.8 Å². The number of rotatable bonds is 2. The molecule has 1 nitrogen and oxygen atoms in total. The van der Waals surface area contributed by atoms with E-state index in [-0.39, 0.29) is 35.5 Å². The molecule has 0 radical (unpaired) electrons. The fourth-order valence-corrected chi connectivity index (χ4v) is 0.546. The Morgan fingerprint density at radius 3 is 1.54 bits per heavy atom. The van der Waals surface area contributed by atoms with Crippen molar-refractivity contribution in [2.45, 2.75) is 13.8 Å². The summed E-state index contributed by atoms with van der Waals surface area (Å²) in [6.45, 7) is 5.67. The summed E-state index contributed by atoms with van der Waals surface area (Å²) in [5.74, 6) is 0. The number of hydrogen-bond acceptors (Lipinski definition) is 1. The summed E-state index contributed by atoms with van der Waals surface area (Å²) in [7, 11) is 0. The van der Waals surface area contributed by atoms with Crippen LogP contribution in [0.4, 0.5) is 0 Å². The summed E-state index contributed by atoms with van der Waals surface area (Å²) in [4.78, 5) is 0. The van der Waals surface area contributed by atoms with E-state index in [1.165, 1.54) is 0 Å². The number of hydrogen-bond donors (Lipinski definition) is 0. The van der Waals surface area contributed by atoms with Crippen LogP contribution in [0.25, 0.3) is 0 Å². The minimum atomic E-state index is 0. The Kier molecular flexibility index (Phi) is 26.3. The number of benzene rings is 1. The normalized spacial score (nSPS) is 6.92. The van der Waals surface area contributed by atoms with Gasteiger partial charge in [0.1, 0.15) is 0 Å². The molecule has 1 rings (SSSR count). The van der Waals surface area contributed by atoms with Gasteiger partial charge < -0.3 is 17.1 Å². The number of halogens is 1. The van der Waals surface area contributed by atoms with E-state index >= 15 is 0 Å². The van der Waals surface area contributed by atoms with E-state index < -0.39 is 0 Å². The minimum absolute atomic E-state index is 0. The Balaban J connectivity index is -0.000000136. The second-order valence-electron chi connectivity index (χ2n) is 1.86. The molecule has 0 amide bonds. The Hall–Kier alpha value is 0.236. The van der Waals surface area contributed by atoms with Crippen molar-refractivity contribution in [1.82, 2.24) is 0 Å². The van der Waals surface area contributed by atoms with Gasteiger partial charge >= 0.3 is 23.1 Å². The third kappa shape index (κ3) is 18.9. The van der Waals surface area contributed by atoms with E-state index in [2.05, 4.69) is 6.07 Å². The zero-order chi connectivity index (χ0) is 8.36. The van der Waals surface area contributed by atoms with Crippen molar-refractivity contribution in [3.05, 3.63) is 36.4 Å². The topological polar surface area (TPSA) is 9.23 Å². The summed E-state index contributed by atoms with van der Waals surface area (Å²) in [5, 5.41) is 0. The van der Waals surface area contributed by atoms with E-state index in [0.717, 1.165) is 13.2 Å². The summed E-state index contributed by atoms with van der Waals surface area (Å²) in [5.41, 5.74) is 0. The molecule has 0 aromatic heterocycles. The molecule has 0 bridgehead atoms. The van der Waals surface area contributed by atoms with E-state index in [4.69, 9.17) is 4.74 Å². The molecule has 0 atom stereocenters. The predicted octanol–water partition coefficient (Wildman–Crippen LogP) is -0.847. The molecule has 0 aliphatic heterocycles. The van der Waals surface area contributed by atoms with Crippen LogP contribution in [0.2, 0.25) is 0 Å². The third-order valence-corrected chi connectivity index (χ3v) is 1.02. The molecule has 0 unspecified atom stereocenters. The Morgan fingerprint density at radius 1 is 1.00 bits per heavy atom. The molecule has 0 aliphatic carbocycles. The molecule has 0 aliphatic rings. The Bertz CT molecular complexity index is 118. The van der Waals surface area contributed by atoms with E-state index in [9.17, 15) is 0 Å². The summed E-state index contributed by atoms with van der Waals surface area (Å²) in [6.07, 6.45) is 0. The van der Waals surface area contributed by atoms with Gasteiger partial charge in [0.05, 0.1) is 0 Å². The number of ether oxygens (including phenoxy) is 1. The third-order valence-electron chi connectivity index (χ3n) is 1.02. The molecule has 13 heavy (non-hydrogen) atoms. The van der Waals surface area contributed by atoms with Crippen LogP contribution in [0.5, 0.6) is 0 Å². The van der Waals surface area contributed by atoms with Crippen molar-refractivity contribution in [2.24, 2.45) is 0 Å². The Morgan fingerprint density at radius 2 is 1.46 bits per heavy atom. The van der Waals surface area contributed by atoms with Crippen LogP contribution in [-0.4, -0.2) is 36.3 Å². The van der Waals surface area contributed by atoms with Crippen LogP contribution in [0.1, 0.15) is 13.8 Å². The minimum Gasteiger partial charge on any atom is -1.00 e. The van der Waals surface area contributed by atoms with Crippen molar-refractivity contribution in [2.75, 3.05) is 13.2 Å². The van der Waals surface area contributed by atoms with Crippen molar-refractivity contribution in [1.29, 1.82) is 0 Å². The van der Waals surface area contributed by atoms with Gasteiger partial charge in [0.25, 0.3) is 0 Å². The quantitative estimate of drug-likeness (QED) is 0.457. The zero-order valence-corrected chi connectivity index (χ0v) is 10.5. The van der Waals surface area contributed by atoms with Gasteiger partial charge in [0.2, 0.25) is 0 Å². The molecule has 0 fully saturated rings. The Labute approximate surface area is 103 Å². The first kappa shape index (κ1) is 18.9. The maximum Gasteiger partial charge on any atom is 2.00 e. The van der Waals surface area contributed by atoms with Gasteiger partial charge in [-0.2, -0.15) is 36.4 Å². The van der Waals surface area contributed by atoms with E-state index in [0.29, 0.717) is 0 Å². The van der Waals surface area contributed by atoms with Crippen molar-refractivity contribution in [3.8, 4) is 0 Å². The van der Waals surface area contributed by atoms with Crippen LogP contribution < -0.4 is 12.4 Å². The second-order valence-corrected chi connectivity index (χ2v) is 1.86. The van der Waals surface area contributed by atoms with Crippen LogP contribution in [0.15, 0.2) is 30.3 Å². The van der Waals surface area contributed by atoms with Gasteiger partial charge in [-0.3, -0.25) is 0 Å². The second kappa shape index (κ2) is 18.1. The average Bonchev–Trinajstić information content (AvgIpc) is 2.10. The largest absolute Gasteiger partial charge is 2.00 e. The molecule has 0 saturated carbocycles. The maximum absolute atomic E-state index is 4.83. The first-order valence-electron chi connectivity index (χ1n) is 3.90. The average molecular weight is 211 g/mol. The SMILES string of the molecule is CCOCC.[Cl-].[Mg+2].[c-]1ccccc1. The van der Waals surface area contributed by atoms with Crippen molar-refractivity contribution in [3.63, 3.8) is 0 Å². The van der Waals surface area contributed by atoms with Crippen LogP contribution in [0.3, 0.4) is 0 Å². The summed E-state index contributed by atoms with van der Waals surface area (Å²) < 4.78 is 4.83. The first-order chi connectivity index (χ1) is 5.41. The van der Waals surface area contributed by atoms with Gasteiger partial charge in [0.15, 0.2) is 0 Å². The summed E-state index contributed by atoms with van der Waals surface area (Å²) >= 11 is 0. The molecular weight excluding hydrogens is 196 g/mol. The molecule has 1 aromatic rings. The van der Waals surface area contributed by atoms with Gasteiger partial charge in [-0.25, -0.2) is 0 Å². The molecule has 0 N–H and O–H groups in total. The molecule has 0 saturated heterocycles. The van der Waals surface area contributed by atoms with Crippen molar-refractivity contribution < 1.29 is 17.1 Å². The van der Waals surface area contributed by atoms with Gasteiger partial charge in [-0.1, -0.05) is 0 Å². The molecule has 70 valence electrons. The van der Waals surface area contributed by atoms with Crippen LogP contribution >= 0.6 is 0 Å². The standard InChI is InChI=1S/C6H5.C4H10O.ClH.Mg/c1-2-4-6-5-3-1;1-3-5-4-2;;/h1-5H;3-4H2,1-2H3;1H;/q-1;;;+2/p-1.